The number of aryl methyl sites for hydroxylation is 1. The number of phenols is 1. The van der Waals surface area contributed by atoms with E-state index >= 15 is 0 Å². The minimum atomic E-state index is 0.273. The molecule has 0 aliphatic carbocycles. The Morgan fingerprint density at radius 3 is 2.32 bits per heavy atom. The average molecular weight is 309 g/mol. The fourth-order valence-electron chi connectivity index (χ4n) is 2.52. The van der Waals surface area contributed by atoms with Crippen molar-refractivity contribution >= 4 is 11.6 Å². The van der Waals surface area contributed by atoms with Gasteiger partial charge in [-0.05, 0) is 54.3 Å². The van der Waals surface area contributed by atoms with Crippen molar-refractivity contribution in [3.05, 3.63) is 88.4 Å². The molecule has 3 aromatic rings. The van der Waals surface area contributed by atoms with Crippen molar-refractivity contribution in [2.45, 2.75) is 13.3 Å². The molecule has 1 N–H and O–H groups in total. The van der Waals surface area contributed by atoms with Crippen molar-refractivity contribution in [1.29, 1.82) is 0 Å². The van der Waals surface area contributed by atoms with Crippen LogP contribution in [0.2, 0.25) is 5.02 Å². The van der Waals surface area contributed by atoms with Gasteiger partial charge >= 0.3 is 0 Å². The van der Waals surface area contributed by atoms with Crippen LogP contribution in [0.5, 0.6) is 5.75 Å². The maximum absolute atomic E-state index is 10.1. The summed E-state index contributed by atoms with van der Waals surface area (Å²) < 4.78 is 0. The summed E-state index contributed by atoms with van der Waals surface area (Å²) in [5, 5.41) is 10.8. The molecule has 0 bridgehead atoms. The van der Waals surface area contributed by atoms with Crippen LogP contribution in [0, 0.1) is 6.92 Å². The van der Waals surface area contributed by atoms with Gasteiger partial charge in [-0.3, -0.25) is 0 Å². The molecule has 0 spiro atoms. The van der Waals surface area contributed by atoms with Gasteiger partial charge < -0.3 is 5.11 Å². The van der Waals surface area contributed by atoms with Crippen molar-refractivity contribution in [2.24, 2.45) is 0 Å². The maximum Gasteiger partial charge on any atom is 0.123 e. The van der Waals surface area contributed by atoms with Crippen LogP contribution in [0.3, 0.4) is 0 Å². The van der Waals surface area contributed by atoms with Gasteiger partial charge in [0, 0.05) is 10.6 Å². The zero-order valence-electron chi connectivity index (χ0n) is 12.4. The molecule has 0 heterocycles. The van der Waals surface area contributed by atoms with Crippen LogP contribution in [-0.2, 0) is 6.42 Å². The van der Waals surface area contributed by atoms with E-state index in [1.807, 2.05) is 36.4 Å². The van der Waals surface area contributed by atoms with Gasteiger partial charge in [0.25, 0.3) is 0 Å². The Morgan fingerprint density at radius 1 is 0.864 bits per heavy atom. The van der Waals surface area contributed by atoms with Gasteiger partial charge in [-0.25, -0.2) is 0 Å². The first-order valence-corrected chi connectivity index (χ1v) is 7.63. The Hall–Kier alpha value is -2.25. The molecule has 2 heteroatoms. The molecular weight excluding hydrogens is 292 g/mol. The van der Waals surface area contributed by atoms with Crippen molar-refractivity contribution < 1.29 is 5.11 Å². The van der Waals surface area contributed by atoms with Gasteiger partial charge in [-0.15, -0.1) is 0 Å². The summed E-state index contributed by atoms with van der Waals surface area (Å²) in [7, 11) is 0. The predicted octanol–water partition coefficient (Wildman–Crippen LogP) is 5.61. The SMILES string of the molecule is Cc1ccc(Cc2ccc(O)c(-c3cccc(Cl)c3)c2)cc1. The monoisotopic (exact) mass is 308 g/mol. The Bertz CT molecular complexity index is 791. The molecule has 0 unspecified atom stereocenters. The van der Waals surface area contributed by atoms with E-state index in [1.165, 1.54) is 11.1 Å². The highest BCUT2D eigenvalue weighted by atomic mass is 35.5. The Morgan fingerprint density at radius 2 is 1.59 bits per heavy atom. The third-order valence-corrected chi connectivity index (χ3v) is 3.96. The first-order chi connectivity index (χ1) is 10.6. The van der Waals surface area contributed by atoms with E-state index in [9.17, 15) is 5.11 Å². The molecule has 1 nitrogen and oxygen atoms in total. The van der Waals surface area contributed by atoms with Crippen LogP contribution in [0.25, 0.3) is 11.1 Å². The normalized spacial score (nSPS) is 10.6. The Kier molecular flexibility index (Phi) is 4.17. The van der Waals surface area contributed by atoms with Gasteiger partial charge in [0.1, 0.15) is 5.75 Å². The molecule has 0 aliphatic heterocycles. The van der Waals surface area contributed by atoms with E-state index < -0.39 is 0 Å². The Labute approximate surface area is 135 Å². The summed E-state index contributed by atoms with van der Waals surface area (Å²) in [6.45, 7) is 2.08. The molecular formula is C20H17ClO. The number of hydrogen-bond acceptors (Lipinski definition) is 1. The van der Waals surface area contributed by atoms with Crippen LogP contribution >= 0.6 is 11.6 Å². The fourth-order valence-corrected chi connectivity index (χ4v) is 2.71. The number of benzene rings is 3. The summed E-state index contributed by atoms with van der Waals surface area (Å²) in [5.74, 6) is 0.273. The number of phenolic OH excluding ortho intramolecular Hbond substituents is 1. The lowest BCUT2D eigenvalue weighted by Gasteiger charge is -2.09. The van der Waals surface area contributed by atoms with Gasteiger partial charge in [0.15, 0.2) is 0 Å². The van der Waals surface area contributed by atoms with E-state index in [4.69, 9.17) is 11.6 Å². The molecule has 0 aromatic heterocycles. The van der Waals surface area contributed by atoms with Gasteiger partial charge in [-0.1, -0.05) is 59.6 Å². The Balaban J connectivity index is 1.94. The van der Waals surface area contributed by atoms with Crippen LogP contribution in [0.15, 0.2) is 66.7 Å². The van der Waals surface area contributed by atoms with E-state index in [2.05, 4.69) is 31.2 Å². The molecule has 3 rings (SSSR count). The standard InChI is InChI=1S/C20H17ClO/c1-14-5-7-15(8-6-14)11-16-9-10-20(22)19(12-16)17-3-2-4-18(21)13-17/h2-10,12-13,22H,11H2,1H3. The second-order valence-corrected chi connectivity index (χ2v) is 5.96. The fraction of sp³-hybridized carbons (Fsp3) is 0.100. The van der Waals surface area contributed by atoms with Crippen LogP contribution in [0.1, 0.15) is 16.7 Å². The van der Waals surface area contributed by atoms with Crippen LogP contribution in [0.4, 0.5) is 0 Å². The van der Waals surface area contributed by atoms with Crippen LogP contribution < -0.4 is 0 Å². The first kappa shape index (κ1) is 14.7. The second kappa shape index (κ2) is 6.25. The minimum Gasteiger partial charge on any atom is -0.507 e. The largest absolute Gasteiger partial charge is 0.507 e. The van der Waals surface area contributed by atoms with Gasteiger partial charge in [-0.2, -0.15) is 0 Å². The zero-order valence-corrected chi connectivity index (χ0v) is 13.1. The van der Waals surface area contributed by atoms with Crippen molar-refractivity contribution in [2.75, 3.05) is 0 Å². The summed E-state index contributed by atoms with van der Waals surface area (Å²) in [6, 6.07) is 21.8. The summed E-state index contributed by atoms with van der Waals surface area (Å²) >= 11 is 6.05. The molecule has 0 amide bonds. The molecule has 0 saturated carbocycles. The molecule has 0 atom stereocenters. The summed E-state index contributed by atoms with van der Waals surface area (Å²) in [5.41, 5.74) is 5.42. The van der Waals surface area contributed by atoms with Gasteiger partial charge in [0.05, 0.1) is 0 Å². The third-order valence-electron chi connectivity index (χ3n) is 3.73. The topological polar surface area (TPSA) is 20.2 Å². The second-order valence-electron chi connectivity index (χ2n) is 5.52. The molecule has 0 fully saturated rings. The van der Waals surface area contributed by atoms with Crippen molar-refractivity contribution in [1.82, 2.24) is 0 Å². The number of hydrogen-bond donors (Lipinski definition) is 1. The highest BCUT2D eigenvalue weighted by Gasteiger charge is 2.07. The number of halogens is 1. The predicted molar refractivity (Wildman–Crippen MR) is 92.5 cm³/mol. The van der Waals surface area contributed by atoms with Gasteiger partial charge in [0.2, 0.25) is 0 Å². The quantitative estimate of drug-likeness (QED) is 0.666. The molecule has 110 valence electrons. The molecule has 0 aliphatic rings. The highest BCUT2D eigenvalue weighted by molar-refractivity contribution is 6.30. The molecule has 3 aromatic carbocycles. The molecule has 22 heavy (non-hydrogen) atoms. The van der Waals surface area contributed by atoms with E-state index in [0.717, 1.165) is 23.1 Å². The third kappa shape index (κ3) is 3.32. The zero-order chi connectivity index (χ0) is 15.5. The smallest absolute Gasteiger partial charge is 0.123 e. The van der Waals surface area contributed by atoms with E-state index in [1.54, 1.807) is 6.07 Å². The lowest BCUT2D eigenvalue weighted by Crippen LogP contribution is -1.90. The van der Waals surface area contributed by atoms with E-state index in [-0.39, 0.29) is 5.75 Å². The maximum atomic E-state index is 10.1. The average Bonchev–Trinajstić information content (AvgIpc) is 2.51. The lowest BCUT2D eigenvalue weighted by atomic mass is 9.98. The van der Waals surface area contributed by atoms with Crippen molar-refractivity contribution in [3.8, 4) is 16.9 Å². The number of aromatic hydroxyl groups is 1. The summed E-state index contributed by atoms with van der Waals surface area (Å²) in [6.07, 6.45) is 0.841. The molecule has 0 radical (unpaired) electrons. The number of rotatable bonds is 3. The van der Waals surface area contributed by atoms with Crippen molar-refractivity contribution in [3.63, 3.8) is 0 Å². The highest BCUT2D eigenvalue weighted by Crippen LogP contribution is 2.32. The lowest BCUT2D eigenvalue weighted by molar-refractivity contribution is 0.477. The van der Waals surface area contributed by atoms with E-state index in [0.29, 0.717) is 5.02 Å². The van der Waals surface area contributed by atoms with Crippen LogP contribution in [-0.4, -0.2) is 5.11 Å². The first-order valence-electron chi connectivity index (χ1n) is 7.25. The molecule has 0 saturated heterocycles. The minimum absolute atomic E-state index is 0.273. The summed E-state index contributed by atoms with van der Waals surface area (Å²) in [4.78, 5) is 0.